The highest BCUT2D eigenvalue weighted by Crippen LogP contribution is 2.28. The first-order valence-electron chi connectivity index (χ1n) is 7.14. The highest BCUT2D eigenvalue weighted by Gasteiger charge is 2.29. The monoisotopic (exact) mass is 305 g/mol. The van der Waals surface area contributed by atoms with Gasteiger partial charge in [0.05, 0.1) is 18.7 Å². The van der Waals surface area contributed by atoms with E-state index in [9.17, 15) is 4.79 Å². The number of hydrogen-bond acceptors (Lipinski definition) is 4. The molecule has 5 nitrogen and oxygen atoms in total. The van der Waals surface area contributed by atoms with Gasteiger partial charge in [0, 0.05) is 30.3 Å². The van der Waals surface area contributed by atoms with E-state index in [-0.39, 0.29) is 18.1 Å². The number of ether oxygens (including phenoxy) is 1. The Morgan fingerprint density at radius 3 is 3.24 bits per heavy atom. The molecule has 3 heterocycles. The lowest BCUT2D eigenvalue weighted by atomic mass is 9.98. The van der Waals surface area contributed by atoms with E-state index in [1.807, 2.05) is 37.0 Å². The third-order valence-corrected chi connectivity index (χ3v) is 4.51. The van der Waals surface area contributed by atoms with Gasteiger partial charge >= 0.3 is 0 Å². The van der Waals surface area contributed by atoms with Crippen LogP contribution in [0.2, 0.25) is 0 Å². The first-order valence-corrected chi connectivity index (χ1v) is 8.02. The van der Waals surface area contributed by atoms with Gasteiger partial charge in [-0.15, -0.1) is 11.3 Å². The molecule has 1 amide bonds. The van der Waals surface area contributed by atoms with Gasteiger partial charge < -0.3 is 10.1 Å². The summed E-state index contributed by atoms with van der Waals surface area (Å²) in [4.78, 5) is 13.3. The summed E-state index contributed by atoms with van der Waals surface area (Å²) in [6.45, 7) is 0.733. The summed E-state index contributed by atoms with van der Waals surface area (Å²) in [7, 11) is 1.89. The second-order valence-corrected chi connectivity index (χ2v) is 6.34. The van der Waals surface area contributed by atoms with Crippen molar-refractivity contribution < 1.29 is 9.53 Å². The summed E-state index contributed by atoms with van der Waals surface area (Å²) < 4.78 is 7.62. The number of aryl methyl sites for hydroxylation is 1. The minimum Gasteiger partial charge on any atom is -0.371 e. The molecule has 6 heteroatoms. The highest BCUT2D eigenvalue weighted by molar-refractivity contribution is 7.10. The molecular formula is C15H19N3O2S. The van der Waals surface area contributed by atoms with Crippen LogP contribution in [0.3, 0.4) is 0 Å². The van der Waals surface area contributed by atoms with E-state index in [1.165, 1.54) is 0 Å². The van der Waals surface area contributed by atoms with Crippen LogP contribution in [0.1, 0.15) is 29.4 Å². The molecule has 1 aliphatic rings. The lowest BCUT2D eigenvalue weighted by Gasteiger charge is -2.31. The molecule has 0 saturated carbocycles. The van der Waals surface area contributed by atoms with Crippen LogP contribution in [-0.2, 0) is 23.0 Å². The lowest BCUT2D eigenvalue weighted by molar-refractivity contribution is -0.123. The zero-order chi connectivity index (χ0) is 14.7. The first-order chi connectivity index (χ1) is 10.2. The number of aromatic nitrogens is 2. The maximum atomic E-state index is 12.2. The molecule has 1 aliphatic heterocycles. The van der Waals surface area contributed by atoms with Crippen molar-refractivity contribution in [2.75, 3.05) is 6.61 Å². The van der Waals surface area contributed by atoms with Crippen LogP contribution in [-0.4, -0.2) is 28.3 Å². The largest absolute Gasteiger partial charge is 0.371 e. The van der Waals surface area contributed by atoms with E-state index in [2.05, 4.69) is 10.4 Å². The molecule has 3 rings (SSSR count). The van der Waals surface area contributed by atoms with E-state index in [0.29, 0.717) is 6.42 Å². The number of carbonyl (C=O) groups excluding carboxylic acids is 1. The van der Waals surface area contributed by atoms with Crippen molar-refractivity contribution in [1.29, 1.82) is 0 Å². The zero-order valence-corrected chi connectivity index (χ0v) is 12.8. The first kappa shape index (κ1) is 14.3. The second-order valence-electron chi connectivity index (χ2n) is 5.31. The fraction of sp³-hybridized carbons (Fsp3) is 0.467. The summed E-state index contributed by atoms with van der Waals surface area (Å²) >= 11 is 1.61. The standard InChI is InChI=1S/C15H19N3O2S/c1-18-10-11(9-16-18)15-13(5-2-6-20-15)17-14(19)8-12-4-3-7-21-12/h3-4,7,9-10,13,15H,2,5-6,8H2,1H3,(H,17,19)/t13-,15+/m0/s1. The molecule has 0 bridgehead atoms. The molecule has 1 saturated heterocycles. The number of nitrogens with zero attached hydrogens (tertiary/aromatic N) is 2. The highest BCUT2D eigenvalue weighted by atomic mass is 32.1. The Hall–Kier alpha value is -1.66. The summed E-state index contributed by atoms with van der Waals surface area (Å²) in [5, 5.41) is 9.30. The van der Waals surface area contributed by atoms with Crippen molar-refractivity contribution in [2.24, 2.45) is 7.05 Å². The van der Waals surface area contributed by atoms with Crippen LogP contribution >= 0.6 is 11.3 Å². The number of carbonyl (C=O) groups is 1. The minimum atomic E-state index is -0.0975. The number of rotatable bonds is 4. The maximum absolute atomic E-state index is 12.2. The Kier molecular flexibility index (Phi) is 4.36. The molecule has 21 heavy (non-hydrogen) atoms. The molecule has 2 aromatic heterocycles. The van der Waals surface area contributed by atoms with Gasteiger partial charge in [-0.1, -0.05) is 6.07 Å². The number of thiophene rings is 1. The van der Waals surface area contributed by atoms with Gasteiger partial charge in [0.25, 0.3) is 0 Å². The Morgan fingerprint density at radius 2 is 2.52 bits per heavy atom. The summed E-state index contributed by atoms with van der Waals surface area (Å²) in [6.07, 6.45) is 6.02. The van der Waals surface area contributed by atoms with Gasteiger partial charge in [-0.05, 0) is 24.3 Å². The summed E-state index contributed by atoms with van der Waals surface area (Å²) in [5.74, 6) is 0.0573. The average Bonchev–Trinajstić information content (AvgIpc) is 3.11. The Bertz CT molecular complexity index is 594. The molecule has 112 valence electrons. The van der Waals surface area contributed by atoms with Crippen molar-refractivity contribution in [3.63, 3.8) is 0 Å². The zero-order valence-electron chi connectivity index (χ0n) is 12.0. The third-order valence-electron chi connectivity index (χ3n) is 3.64. The molecule has 2 aromatic rings. The molecule has 0 spiro atoms. The fourth-order valence-electron chi connectivity index (χ4n) is 2.67. The van der Waals surface area contributed by atoms with E-state index < -0.39 is 0 Å². The Labute approximate surface area is 127 Å². The van der Waals surface area contributed by atoms with Crippen molar-refractivity contribution >= 4 is 17.2 Å². The average molecular weight is 305 g/mol. The second kappa shape index (κ2) is 6.41. The summed E-state index contributed by atoms with van der Waals surface area (Å²) in [5.41, 5.74) is 1.03. The quantitative estimate of drug-likeness (QED) is 0.940. The van der Waals surface area contributed by atoms with Crippen LogP contribution in [0.4, 0.5) is 0 Å². The fourth-order valence-corrected chi connectivity index (χ4v) is 3.38. The molecule has 1 N–H and O–H groups in total. The number of amides is 1. The Morgan fingerprint density at radius 1 is 1.62 bits per heavy atom. The molecule has 1 fully saturated rings. The van der Waals surface area contributed by atoms with Crippen molar-refractivity contribution in [2.45, 2.75) is 31.4 Å². The van der Waals surface area contributed by atoms with Gasteiger partial charge in [0.2, 0.25) is 5.91 Å². The number of nitrogens with one attached hydrogen (secondary N) is 1. The topological polar surface area (TPSA) is 56.1 Å². The van der Waals surface area contributed by atoms with Gasteiger partial charge in [0.1, 0.15) is 6.10 Å². The van der Waals surface area contributed by atoms with E-state index in [1.54, 1.807) is 16.0 Å². The van der Waals surface area contributed by atoms with Crippen LogP contribution in [0, 0.1) is 0 Å². The maximum Gasteiger partial charge on any atom is 0.225 e. The minimum absolute atomic E-state index is 0.0235. The van der Waals surface area contributed by atoms with Gasteiger partial charge in [-0.25, -0.2) is 0 Å². The molecule has 2 atom stereocenters. The van der Waals surface area contributed by atoms with Crippen LogP contribution in [0.15, 0.2) is 29.9 Å². The third kappa shape index (κ3) is 3.51. The molecule has 0 aromatic carbocycles. The van der Waals surface area contributed by atoms with Crippen molar-refractivity contribution in [3.8, 4) is 0 Å². The van der Waals surface area contributed by atoms with Gasteiger partial charge in [0.15, 0.2) is 0 Å². The Balaban J connectivity index is 1.65. The van der Waals surface area contributed by atoms with Gasteiger partial charge in [-0.2, -0.15) is 5.10 Å². The smallest absolute Gasteiger partial charge is 0.225 e. The van der Waals surface area contributed by atoms with Crippen molar-refractivity contribution in [1.82, 2.24) is 15.1 Å². The normalized spacial score (nSPS) is 22.1. The van der Waals surface area contributed by atoms with E-state index in [4.69, 9.17) is 4.74 Å². The number of hydrogen-bond donors (Lipinski definition) is 1. The van der Waals surface area contributed by atoms with Crippen LogP contribution in [0.5, 0.6) is 0 Å². The predicted molar refractivity (Wildman–Crippen MR) is 81.1 cm³/mol. The molecule has 0 unspecified atom stereocenters. The predicted octanol–water partition coefficient (Wildman–Crippen LogP) is 2.06. The molecule has 0 aliphatic carbocycles. The van der Waals surface area contributed by atoms with E-state index >= 15 is 0 Å². The van der Waals surface area contributed by atoms with Crippen molar-refractivity contribution in [3.05, 3.63) is 40.3 Å². The molecular weight excluding hydrogens is 286 g/mol. The SMILES string of the molecule is Cn1cc([C@H]2OCCC[C@@H]2NC(=O)Cc2cccs2)cn1. The van der Waals surface area contributed by atoms with Gasteiger partial charge in [-0.3, -0.25) is 9.48 Å². The summed E-state index contributed by atoms with van der Waals surface area (Å²) in [6, 6.07) is 3.98. The lowest BCUT2D eigenvalue weighted by Crippen LogP contribution is -2.43. The molecule has 0 radical (unpaired) electrons. The van der Waals surface area contributed by atoms with E-state index in [0.717, 1.165) is 29.9 Å². The van der Waals surface area contributed by atoms with Crippen LogP contribution < -0.4 is 5.32 Å². The van der Waals surface area contributed by atoms with Crippen LogP contribution in [0.25, 0.3) is 0 Å².